The second-order valence-electron chi connectivity index (χ2n) is 4.74. The molecule has 0 fully saturated rings. The maximum Gasteiger partial charge on any atom is 0.280 e. The van der Waals surface area contributed by atoms with Crippen LogP contribution >= 0.6 is 0 Å². The largest absolute Gasteiger partial charge is 0.339 e. The van der Waals surface area contributed by atoms with Gasteiger partial charge in [-0.3, -0.25) is 10.1 Å². The van der Waals surface area contributed by atoms with E-state index < -0.39 is 4.92 Å². The van der Waals surface area contributed by atoms with Crippen LogP contribution in [-0.4, -0.2) is 21.6 Å². The number of nitrogens with zero attached hydrogens (tertiary/aromatic N) is 3. The summed E-state index contributed by atoms with van der Waals surface area (Å²) in [6.07, 6.45) is 4.78. The van der Waals surface area contributed by atoms with E-state index in [-0.39, 0.29) is 11.5 Å². The van der Waals surface area contributed by atoms with Crippen LogP contribution in [0.3, 0.4) is 0 Å². The summed E-state index contributed by atoms with van der Waals surface area (Å²) in [6, 6.07) is 6.37. The van der Waals surface area contributed by atoms with Gasteiger partial charge in [-0.2, -0.15) is 4.98 Å². The fourth-order valence-electron chi connectivity index (χ4n) is 2.06. The van der Waals surface area contributed by atoms with Gasteiger partial charge in [0.05, 0.1) is 4.92 Å². The highest BCUT2D eigenvalue weighted by Gasteiger charge is 2.18. The van der Waals surface area contributed by atoms with Crippen molar-refractivity contribution < 1.29 is 9.45 Å². The van der Waals surface area contributed by atoms with Crippen LogP contribution in [0.4, 0.5) is 5.69 Å². The van der Waals surface area contributed by atoms with Crippen LogP contribution in [0.15, 0.2) is 28.8 Å². The first-order valence-electron chi connectivity index (χ1n) is 6.99. The van der Waals surface area contributed by atoms with Crippen molar-refractivity contribution in [3.63, 3.8) is 0 Å². The third kappa shape index (κ3) is 4.09. The van der Waals surface area contributed by atoms with Crippen molar-refractivity contribution in [2.24, 2.45) is 5.73 Å². The molecule has 0 atom stereocenters. The number of para-hydroxylation sites is 1. The predicted octanol–water partition coefficient (Wildman–Crippen LogP) is 2.71. The topological polar surface area (TPSA) is 108 Å². The van der Waals surface area contributed by atoms with E-state index in [1.54, 1.807) is 18.2 Å². The van der Waals surface area contributed by atoms with Crippen LogP contribution in [0, 0.1) is 10.1 Å². The first-order chi connectivity index (χ1) is 10.2. The summed E-state index contributed by atoms with van der Waals surface area (Å²) in [7, 11) is 0. The molecular weight excluding hydrogens is 272 g/mol. The smallest absolute Gasteiger partial charge is 0.280 e. The molecule has 7 nitrogen and oxygen atoms in total. The molecule has 112 valence electrons. The molecule has 2 aromatic rings. The minimum Gasteiger partial charge on any atom is -0.339 e. The zero-order chi connectivity index (χ0) is 15.1. The van der Waals surface area contributed by atoms with E-state index in [0.717, 1.165) is 25.7 Å². The summed E-state index contributed by atoms with van der Waals surface area (Å²) in [4.78, 5) is 14.8. The molecule has 0 radical (unpaired) electrons. The third-order valence-corrected chi connectivity index (χ3v) is 3.15. The summed E-state index contributed by atoms with van der Waals surface area (Å²) in [6.45, 7) is 0.711. The number of rotatable bonds is 8. The van der Waals surface area contributed by atoms with Crippen molar-refractivity contribution in [3.8, 4) is 11.4 Å². The quantitative estimate of drug-likeness (QED) is 0.455. The molecule has 0 aliphatic rings. The summed E-state index contributed by atoms with van der Waals surface area (Å²) in [5.41, 5.74) is 5.79. The van der Waals surface area contributed by atoms with Crippen molar-refractivity contribution in [3.05, 3.63) is 40.3 Å². The molecule has 1 heterocycles. The standard InChI is InChI=1S/C14H18N4O3/c15-10-6-2-1-3-9-13-16-14(17-21-13)11-7-4-5-8-12(11)18(19)20/h4-5,7-8H,1-3,6,9-10,15H2. The number of hydrogen-bond donors (Lipinski definition) is 1. The van der Waals surface area contributed by atoms with Crippen molar-refractivity contribution >= 4 is 5.69 Å². The highest BCUT2D eigenvalue weighted by molar-refractivity contribution is 5.67. The number of aromatic nitrogens is 2. The molecule has 2 N–H and O–H groups in total. The number of hydrogen-bond acceptors (Lipinski definition) is 6. The summed E-state index contributed by atoms with van der Waals surface area (Å²) in [5, 5.41) is 14.8. The van der Waals surface area contributed by atoms with Gasteiger partial charge in [0.1, 0.15) is 5.56 Å². The number of aryl methyl sites for hydroxylation is 1. The Balaban J connectivity index is 2.01. The lowest BCUT2D eigenvalue weighted by atomic mass is 10.1. The summed E-state index contributed by atoms with van der Waals surface area (Å²) < 4.78 is 5.15. The zero-order valence-corrected chi connectivity index (χ0v) is 11.7. The maximum absolute atomic E-state index is 11.0. The summed E-state index contributed by atoms with van der Waals surface area (Å²) >= 11 is 0. The van der Waals surface area contributed by atoms with E-state index in [1.807, 2.05) is 0 Å². The van der Waals surface area contributed by atoms with Gasteiger partial charge in [-0.15, -0.1) is 0 Å². The summed E-state index contributed by atoms with van der Waals surface area (Å²) in [5.74, 6) is 0.773. The van der Waals surface area contributed by atoms with Gasteiger partial charge in [0.2, 0.25) is 11.7 Å². The van der Waals surface area contributed by atoms with Crippen molar-refractivity contribution in [1.82, 2.24) is 10.1 Å². The Morgan fingerprint density at radius 1 is 1.19 bits per heavy atom. The molecule has 0 saturated heterocycles. The Labute approximate surface area is 122 Å². The number of nitro groups is 1. The lowest BCUT2D eigenvalue weighted by Crippen LogP contribution is -1.97. The molecule has 0 amide bonds. The SMILES string of the molecule is NCCCCCCc1nc(-c2ccccc2[N+](=O)[O-])no1. The van der Waals surface area contributed by atoms with E-state index in [4.69, 9.17) is 10.3 Å². The second-order valence-corrected chi connectivity index (χ2v) is 4.74. The van der Waals surface area contributed by atoms with Gasteiger partial charge in [0.25, 0.3) is 5.69 Å². The predicted molar refractivity (Wildman–Crippen MR) is 77.6 cm³/mol. The second kappa shape index (κ2) is 7.49. The molecule has 1 aromatic heterocycles. The average Bonchev–Trinajstić information content (AvgIpc) is 2.96. The molecule has 21 heavy (non-hydrogen) atoms. The van der Waals surface area contributed by atoms with E-state index >= 15 is 0 Å². The lowest BCUT2D eigenvalue weighted by molar-refractivity contribution is -0.384. The first kappa shape index (κ1) is 15.1. The lowest BCUT2D eigenvalue weighted by Gasteiger charge is -1.97. The van der Waals surface area contributed by atoms with Crippen LogP contribution in [-0.2, 0) is 6.42 Å². The highest BCUT2D eigenvalue weighted by Crippen LogP contribution is 2.27. The van der Waals surface area contributed by atoms with E-state index in [1.165, 1.54) is 6.07 Å². The minimum atomic E-state index is -0.446. The molecule has 0 aliphatic heterocycles. The zero-order valence-electron chi connectivity index (χ0n) is 11.7. The molecule has 0 saturated carbocycles. The minimum absolute atomic E-state index is 0.0206. The fourth-order valence-corrected chi connectivity index (χ4v) is 2.06. The molecule has 2 rings (SSSR count). The van der Waals surface area contributed by atoms with E-state index in [2.05, 4.69) is 10.1 Å². The molecule has 0 aliphatic carbocycles. The number of benzene rings is 1. The highest BCUT2D eigenvalue weighted by atomic mass is 16.6. The van der Waals surface area contributed by atoms with Gasteiger partial charge in [-0.05, 0) is 25.5 Å². The van der Waals surface area contributed by atoms with Crippen LogP contribution in [0.25, 0.3) is 11.4 Å². The average molecular weight is 290 g/mol. The monoisotopic (exact) mass is 290 g/mol. The third-order valence-electron chi connectivity index (χ3n) is 3.15. The Morgan fingerprint density at radius 2 is 1.95 bits per heavy atom. The van der Waals surface area contributed by atoms with Gasteiger partial charge in [0.15, 0.2) is 0 Å². The van der Waals surface area contributed by atoms with Gasteiger partial charge >= 0.3 is 0 Å². The molecule has 1 aromatic carbocycles. The van der Waals surface area contributed by atoms with E-state index in [0.29, 0.717) is 24.4 Å². The number of unbranched alkanes of at least 4 members (excludes halogenated alkanes) is 3. The van der Waals surface area contributed by atoms with Crippen LogP contribution in [0.5, 0.6) is 0 Å². The molecule has 7 heteroatoms. The maximum atomic E-state index is 11.0. The van der Waals surface area contributed by atoms with Crippen molar-refractivity contribution in [2.45, 2.75) is 32.1 Å². The first-order valence-corrected chi connectivity index (χ1v) is 6.99. The normalized spacial score (nSPS) is 10.7. The van der Waals surface area contributed by atoms with Crippen LogP contribution in [0.2, 0.25) is 0 Å². The van der Waals surface area contributed by atoms with Gasteiger partial charge in [0, 0.05) is 12.5 Å². The molecule has 0 bridgehead atoms. The Hall–Kier alpha value is -2.28. The van der Waals surface area contributed by atoms with E-state index in [9.17, 15) is 10.1 Å². The fraction of sp³-hybridized carbons (Fsp3) is 0.429. The number of nitrogens with two attached hydrogens (primary N) is 1. The van der Waals surface area contributed by atoms with Crippen molar-refractivity contribution in [2.75, 3.05) is 6.54 Å². The van der Waals surface area contributed by atoms with Gasteiger partial charge < -0.3 is 10.3 Å². The van der Waals surface area contributed by atoms with Crippen LogP contribution < -0.4 is 5.73 Å². The Bertz CT molecular complexity index is 597. The Morgan fingerprint density at radius 3 is 2.71 bits per heavy atom. The van der Waals surface area contributed by atoms with Gasteiger partial charge in [-0.25, -0.2) is 0 Å². The van der Waals surface area contributed by atoms with Crippen LogP contribution in [0.1, 0.15) is 31.6 Å². The molecular formula is C14H18N4O3. The number of nitro benzene ring substituents is 1. The molecule has 0 spiro atoms. The van der Waals surface area contributed by atoms with Gasteiger partial charge in [-0.1, -0.05) is 30.1 Å². The van der Waals surface area contributed by atoms with Crippen molar-refractivity contribution in [1.29, 1.82) is 0 Å². The Kier molecular flexibility index (Phi) is 5.39. The molecule has 0 unspecified atom stereocenters.